The minimum Gasteiger partial charge on any atom is -0.435 e. The van der Waals surface area contributed by atoms with Crippen LogP contribution < -0.4 is 10.9 Å². The highest BCUT2D eigenvalue weighted by molar-refractivity contribution is 5.93. The lowest BCUT2D eigenvalue weighted by Crippen LogP contribution is -2.36. The largest absolute Gasteiger partial charge is 0.435 e. The topological polar surface area (TPSA) is 136 Å². The number of alkyl halides is 1. The van der Waals surface area contributed by atoms with Crippen molar-refractivity contribution in [3.63, 3.8) is 0 Å². The molecule has 2 aliphatic rings. The van der Waals surface area contributed by atoms with Crippen LogP contribution in [0.15, 0.2) is 38.2 Å². The second kappa shape index (κ2) is 11.1. The Kier molecular flexibility index (Phi) is 7.37. The van der Waals surface area contributed by atoms with Crippen LogP contribution in [0.5, 0.6) is 0 Å². The smallest absolute Gasteiger partial charge is 0.276 e. The van der Waals surface area contributed by atoms with Crippen LogP contribution in [-0.2, 0) is 4.74 Å². The quantitative estimate of drug-likeness (QED) is 0.292. The highest BCUT2D eigenvalue weighted by atomic mass is 19.1. The van der Waals surface area contributed by atoms with Gasteiger partial charge in [0.1, 0.15) is 29.2 Å². The Labute approximate surface area is 231 Å². The third-order valence-corrected chi connectivity index (χ3v) is 7.91. The Bertz CT molecular complexity index is 1620. The fourth-order valence-corrected chi connectivity index (χ4v) is 5.61. The van der Waals surface area contributed by atoms with Crippen LogP contribution >= 0.6 is 0 Å². The molecule has 2 aliphatic carbocycles. The van der Waals surface area contributed by atoms with E-state index in [9.17, 15) is 18.4 Å². The average Bonchev–Trinajstić information content (AvgIpc) is 3.51. The van der Waals surface area contributed by atoms with Crippen molar-refractivity contribution in [2.75, 3.05) is 13.7 Å². The van der Waals surface area contributed by atoms with E-state index in [-0.39, 0.29) is 46.7 Å². The number of oxazole rings is 1. The summed E-state index contributed by atoms with van der Waals surface area (Å²) in [5.41, 5.74) is 0.415. The number of pyridine rings is 1. The van der Waals surface area contributed by atoms with Crippen LogP contribution in [0.4, 0.5) is 13.2 Å². The van der Waals surface area contributed by atoms with Gasteiger partial charge in [0.15, 0.2) is 17.1 Å². The number of benzene rings is 1. The Hall–Kier alpha value is -4.00. The van der Waals surface area contributed by atoms with E-state index in [1.54, 1.807) is 6.07 Å². The van der Waals surface area contributed by atoms with Crippen LogP contribution in [0.3, 0.4) is 0 Å². The lowest BCUT2D eigenvalue weighted by atomic mass is 9.83. The molecule has 0 spiro atoms. The molecule has 2 atom stereocenters. The van der Waals surface area contributed by atoms with Crippen molar-refractivity contribution in [1.82, 2.24) is 25.6 Å². The predicted octanol–water partition coefficient (Wildman–Crippen LogP) is 4.83. The van der Waals surface area contributed by atoms with E-state index in [4.69, 9.17) is 13.8 Å². The van der Waals surface area contributed by atoms with E-state index in [0.717, 1.165) is 25.1 Å². The number of nitrogens with zero attached hydrogens (tertiary/aromatic N) is 3. The number of halogens is 3. The molecule has 2 N–H and O–H groups in total. The van der Waals surface area contributed by atoms with Crippen LogP contribution in [0.2, 0.25) is 0 Å². The van der Waals surface area contributed by atoms with E-state index >= 15 is 4.39 Å². The predicted molar refractivity (Wildman–Crippen MR) is 138 cm³/mol. The lowest BCUT2D eigenvalue weighted by Gasteiger charge is -2.30. The number of aromatic amines is 1. The van der Waals surface area contributed by atoms with Crippen molar-refractivity contribution < 1.29 is 31.7 Å². The number of nitrogens with one attached hydrogen (secondary N) is 2. The zero-order valence-corrected chi connectivity index (χ0v) is 22.2. The summed E-state index contributed by atoms with van der Waals surface area (Å²) < 4.78 is 59.4. The number of carbonyl (C=O) groups excluding carboxylic acids is 1. The fraction of sp³-hybridized carbons (Fsp3) is 0.464. The van der Waals surface area contributed by atoms with Gasteiger partial charge in [0.25, 0.3) is 11.5 Å². The van der Waals surface area contributed by atoms with Crippen LogP contribution in [-0.4, -0.2) is 46.1 Å². The number of ether oxygens (including phenoxy) is 1. The van der Waals surface area contributed by atoms with Crippen LogP contribution in [0.1, 0.15) is 89.6 Å². The van der Waals surface area contributed by atoms with Crippen LogP contribution in [0.25, 0.3) is 11.1 Å². The first-order valence-electron chi connectivity index (χ1n) is 13.6. The molecule has 0 radical (unpaired) electrons. The first-order chi connectivity index (χ1) is 19.8. The molecule has 4 aromatic rings. The summed E-state index contributed by atoms with van der Waals surface area (Å²) in [6, 6.07) is 3.02. The molecule has 2 saturated carbocycles. The summed E-state index contributed by atoms with van der Waals surface area (Å²) in [6.07, 6.45) is 3.33. The molecule has 1 amide bonds. The van der Waals surface area contributed by atoms with Gasteiger partial charge in [0, 0.05) is 30.7 Å². The van der Waals surface area contributed by atoms with Gasteiger partial charge in [0.2, 0.25) is 5.89 Å². The van der Waals surface area contributed by atoms with E-state index < -0.39 is 41.2 Å². The first kappa shape index (κ1) is 27.2. The van der Waals surface area contributed by atoms with E-state index in [0.29, 0.717) is 36.9 Å². The number of fused-ring (bicyclic) bond motifs is 1. The molecule has 0 unspecified atom stereocenters. The Balaban J connectivity index is 1.37. The summed E-state index contributed by atoms with van der Waals surface area (Å²) in [5, 5.41) is 10.6. The SMILES string of the molecule is COC[C@H](c1cc(F)c2oc([C@@H](NC(=O)c3nonc3C3CC3)C3CCC(F)CC3)nc2c1)c1cc(F)c[nH]c1=O. The molecule has 3 aromatic heterocycles. The maximum Gasteiger partial charge on any atom is 0.276 e. The van der Waals surface area contributed by atoms with Crippen molar-refractivity contribution in [2.24, 2.45) is 5.92 Å². The summed E-state index contributed by atoms with van der Waals surface area (Å²) in [6.45, 7) is -0.0254. The third kappa shape index (κ3) is 5.50. The monoisotopic (exact) mass is 571 g/mol. The molecule has 0 aliphatic heterocycles. The van der Waals surface area contributed by atoms with Gasteiger partial charge in [0.05, 0.1) is 6.61 Å². The van der Waals surface area contributed by atoms with Gasteiger partial charge in [-0.2, -0.15) is 0 Å². The summed E-state index contributed by atoms with van der Waals surface area (Å²) in [7, 11) is 1.42. The Morgan fingerprint density at radius 3 is 2.66 bits per heavy atom. The molecule has 0 bridgehead atoms. The Morgan fingerprint density at radius 2 is 1.93 bits per heavy atom. The number of rotatable bonds is 9. The molecule has 0 saturated heterocycles. The molecule has 3 heterocycles. The minimum absolute atomic E-state index is 0.0254. The molecule has 41 heavy (non-hydrogen) atoms. The average molecular weight is 572 g/mol. The Morgan fingerprint density at radius 1 is 1.15 bits per heavy atom. The lowest BCUT2D eigenvalue weighted by molar-refractivity contribution is 0.0876. The zero-order chi connectivity index (χ0) is 28.7. The van der Waals surface area contributed by atoms with Gasteiger partial charge < -0.3 is 19.5 Å². The molecular formula is C28H28F3N5O5. The number of amides is 1. The van der Waals surface area contributed by atoms with Crippen molar-refractivity contribution in [2.45, 2.75) is 62.6 Å². The number of methoxy groups -OCH3 is 1. The molecule has 10 nitrogen and oxygen atoms in total. The molecule has 1 aromatic carbocycles. The maximum atomic E-state index is 15.4. The van der Waals surface area contributed by atoms with Gasteiger partial charge in [-0.05, 0) is 73.4 Å². The van der Waals surface area contributed by atoms with Gasteiger partial charge in [-0.1, -0.05) is 5.16 Å². The fourth-order valence-electron chi connectivity index (χ4n) is 5.61. The van der Waals surface area contributed by atoms with Crippen molar-refractivity contribution in [3.05, 3.63) is 74.8 Å². The second-order valence-electron chi connectivity index (χ2n) is 10.7. The highest BCUT2D eigenvalue weighted by Crippen LogP contribution is 2.41. The molecule has 6 rings (SSSR count). The summed E-state index contributed by atoms with van der Waals surface area (Å²) in [4.78, 5) is 32.6. The molecule has 13 heteroatoms. The first-order valence-corrected chi connectivity index (χ1v) is 13.6. The van der Waals surface area contributed by atoms with Crippen molar-refractivity contribution in [3.8, 4) is 0 Å². The van der Waals surface area contributed by atoms with Crippen LogP contribution in [0, 0.1) is 17.6 Å². The maximum absolute atomic E-state index is 15.4. The number of carbonyl (C=O) groups is 1. The third-order valence-electron chi connectivity index (χ3n) is 7.91. The van der Waals surface area contributed by atoms with Gasteiger partial charge in [-0.3, -0.25) is 9.59 Å². The van der Waals surface area contributed by atoms with E-state index in [1.165, 1.54) is 13.2 Å². The number of aromatic nitrogens is 4. The molecule has 2 fully saturated rings. The van der Waals surface area contributed by atoms with Gasteiger partial charge in [-0.15, -0.1) is 0 Å². The van der Waals surface area contributed by atoms with E-state index in [2.05, 4.69) is 25.6 Å². The number of hydrogen-bond donors (Lipinski definition) is 2. The van der Waals surface area contributed by atoms with Crippen molar-refractivity contribution in [1.29, 1.82) is 0 Å². The molecular weight excluding hydrogens is 543 g/mol. The minimum atomic E-state index is -0.934. The molecule has 216 valence electrons. The normalized spacial score (nSPS) is 20.7. The van der Waals surface area contributed by atoms with Gasteiger partial charge >= 0.3 is 0 Å². The standard InChI is InChI=1S/C28H28F3N5O5/c1-39-12-19(18-10-17(30)11-32-26(18)37)15-8-20(31)25-21(9-15)33-28(40-25)23(14-4-6-16(29)7-5-14)34-27(38)24-22(13-2-3-13)35-41-36-24/h8-11,13-14,16,19,23H,2-7,12H2,1H3,(H,32,37)(H,34,38)/t14?,16?,19-,23+/m1/s1. The number of H-pyrrole nitrogens is 1. The second-order valence-corrected chi connectivity index (χ2v) is 10.7. The summed E-state index contributed by atoms with van der Waals surface area (Å²) >= 11 is 0. The van der Waals surface area contributed by atoms with E-state index in [1.807, 2.05) is 0 Å². The van der Waals surface area contributed by atoms with Crippen molar-refractivity contribution >= 4 is 17.0 Å². The highest BCUT2D eigenvalue weighted by Gasteiger charge is 2.37. The zero-order valence-electron chi connectivity index (χ0n) is 22.2. The summed E-state index contributed by atoms with van der Waals surface area (Å²) in [5.74, 6) is -2.78. The number of hydrogen-bond acceptors (Lipinski definition) is 8. The van der Waals surface area contributed by atoms with Gasteiger partial charge in [-0.25, -0.2) is 22.8 Å².